The molecule has 0 aromatic rings. The van der Waals surface area contributed by atoms with E-state index in [1.165, 1.54) is 19.3 Å². The van der Waals surface area contributed by atoms with Gasteiger partial charge in [-0.05, 0) is 107 Å². The molecule has 3 nitrogen and oxygen atoms in total. The molecule has 4 saturated carbocycles. The van der Waals surface area contributed by atoms with E-state index < -0.39 is 5.60 Å². The largest absolute Gasteiger partial charge is 0.378 e. The van der Waals surface area contributed by atoms with E-state index >= 15 is 0 Å². The Hall–Kier alpha value is -0.850. The van der Waals surface area contributed by atoms with Crippen LogP contribution in [0.4, 0.5) is 0 Å². The predicted octanol–water partition coefficient (Wildman–Crippen LogP) is 4.14. The summed E-state index contributed by atoms with van der Waals surface area (Å²) in [5, 5.41) is 10.8. The molecule has 0 amide bonds. The van der Waals surface area contributed by atoms with Crippen LogP contribution < -0.4 is 0 Å². The molecule has 0 heterocycles. The maximum atomic E-state index is 12.5. The second-order valence-corrected chi connectivity index (χ2v) is 11.4. The number of rotatable bonds is 2. The van der Waals surface area contributed by atoms with Crippen LogP contribution in [0.5, 0.6) is 0 Å². The van der Waals surface area contributed by atoms with E-state index in [4.69, 9.17) is 6.42 Å². The SMILES string of the molecule is C#CC1(O)CC[C@@]2(C)C(CC[C@H]3[C@@H]4CC[C@H](C(C)=O)[C@@]4(C)CC(N(C)C)[C@@H]32)C1. The lowest BCUT2D eigenvalue weighted by Gasteiger charge is -2.64. The van der Waals surface area contributed by atoms with Crippen molar-refractivity contribution in [3.8, 4) is 12.3 Å². The van der Waals surface area contributed by atoms with Crippen molar-refractivity contribution in [1.29, 1.82) is 0 Å². The lowest BCUT2D eigenvalue weighted by molar-refractivity contribution is -0.166. The number of nitrogens with zero attached hydrogens (tertiary/aromatic N) is 1. The summed E-state index contributed by atoms with van der Waals surface area (Å²) in [5.41, 5.74) is -0.503. The van der Waals surface area contributed by atoms with Crippen molar-refractivity contribution in [2.24, 2.45) is 40.4 Å². The number of hydrogen-bond donors (Lipinski definition) is 1. The molecule has 1 N–H and O–H groups in total. The van der Waals surface area contributed by atoms with Crippen molar-refractivity contribution in [2.45, 2.75) is 83.8 Å². The van der Waals surface area contributed by atoms with E-state index in [1.807, 2.05) is 6.92 Å². The Bertz CT molecular complexity index is 695. The highest BCUT2D eigenvalue weighted by molar-refractivity contribution is 5.79. The lowest BCUT2D eigenvalue weighted by Crippen LogP contribution is -2.63. The maximum Gasteiger partial charge on any atom is 0.133 e. The van der Waals surface area contributed by atoms with Gasteiger partial charge in [0.15, 0.2) is 0 Å². The van der Waals surface area contributed by atoms with Crippen LogP contribution >= 0.6 is 0 Å². The van der Waals surface area contributed by atoms with E-state index in [2.05, 4.69) is 38.8 Å². The number of fused-ring (bicyclic) bond motifs is 5. The minimum atomic E-state index is -0.902. The smallest absolute Gasteiger partial charge is 0.133 e. The fourth-order valence-corrected chi connectivity index (χ4v) is 8.67. The molecule has 4 aliphatic rings. The summed E-state index contributed by atoms with van der Waals surface area (Å²) >= 11 is 0. The van der Waals surface area contributed by atoms with Gasteiger partial charge in [0, 0.05) is 12.0 Å². The first-order valence-corrected chi connectivity index (χ1v) is 11.4. The predicted molar refractivity (Wildman–Crippen MR) is 113 cm³/mol. The summed E-state index contributed by atoms with van der Waals surface area (Å²) in [6, 6.07) is 0.510. The monoisotopic (exact) mass is 385 g/mol. The molecule has 4 rings (SSSR count). The third-order valence-corrected chi connectivity index (χ3v) is 10.1. The molecule has 156 valence electrons. The molecule has 0 saturated heterocycles. The molecule has 0 bridgehead atoms. The normalized spacial score (nSPS) is 53.1. The molecular weight excluding hydrogens is 346 g/mol. The Morgan fingerprint density at radius 2 is 1.79 bits per heavy atom. The number of aliphatic hydroxyl groups is 1. The minimum Gasteiger partial charge on any atom is -0.378 e. The molecule has 3 heteroatoms. The van der Waals surface area contributed by atoms with Gasteiger partial charge in [0.05, 0.1) is 0 Å². The standard InChI is InChI=1S/C25H39NO2/c1-7-25(28)13-12-23(3)17(14-25)8-9-18-20-11-10-19(16(2)27)24(20,4)15-21(22(18)23)26(5)6/h1,17-22,28H,8-15H2,2-6H3/t17?,18-,19+,20-,21?,22+,23-,24+,25?/m0/s1. The van der Waals surface area contributed by atoms with Crippen molar-refractivity contribution < 1.29 is 9.90 Å². The quantitative estimate of drug-likeness (QED) is 0.726. The Morgan fingerprint density at radius 1 is 1.07 bits per heavy atom. The zero-order valence-electron chi connectivity index (χ0n) is 18.5. The first-order chi connectivity index (χ1) is 13.1. The molecule has 4 aliphatic carbocycles. The molecule has 0 aromatic heterocycles. The summed E-state index contributed by atoms with van der Waals surface area (Å²) in [6.45, 7) is 6.74. The highest BCUT2D eigenvalue weighted by Crippen LogP contribution is 2.68. The van der Waals surface area contributed by atoms with Crippen LogP contribution in [0.25, 0.3) is 0 Å². The molecule has 28 heavy (non-hydrogen) atoms. The number of carbonyl (C=O) groups excluding carboxylic acids is 1. The van der Waals surface area contributed by atoms with E-state index in [0.29, 0.717) is 35.5 Å². The van der Waals surface area contributed by atoms with Gasteiger partial charge in [0.2, 0.25) is 0 Å². The molecular formula is C25H39NO2. The van der Waals surface area contributed by atoms with Crippen LogP contribution in [-0.2, 0) is 4.79 Å². The summed E-state index contributed by atoms with van der Waals surface area (Å²) < 4.78 is 0. The summed E-state index contributed by atoms with van der Waals surface area (Å²) in [5.74, 6) is 5.88. The van der Waals surface area contributed by atoms with Gasteiger partial charge in [-0.3, -0.25) is 4.79 Å². The molecule has 0 aromatic carbocycles. The number of terminal acetylenes is 1. The molecule has 3 unspecified atom stereocenters. The van der Waals surface area contributed by atoms with E-state index in [9.17, 15) is 9.90 Å². The van der Waals surface area contributed by atoms with Crippen LogP contribution in [0.15, 0.2) is 0 Å². The zero-order valence-corrected chi connectivity index (χ0v) is 18.5. The first-order valence-electron chi connectivity index (χ1n) is 11.4. The average molecular weight is 386 g/mol. The van der Waals surface area contributed by atoms with Crippen LogP contribution in [-0.4, -0.2) is 41.5 Å². The molecule has 9 atom stereocenters. The Kier molecular flexibility index (Phi) is 4.80. The van der Waals surface area contributed by atoms with Gasteiger partial charge in [-0.2, -0.15) is 0 Å². The first kappa shape index (κ1) is 20.4. The topological polar surface area (TPSA) is 40.5 Å². The third-order valence-electron chi connectivity index (χ3n) is 10.1. The van der Waals surface area contributed by atoms with E-state index in [1.54, 1.807) is 0 Å². The number of hydrogen-bond acceptors (Lipinski definition) is 3. The second kappa shape index (κ2) is 6.58. The van der Waals surface area contributed by atoms with Crippen LogP contribution in [0.3, 0.4) is 0 Å². The fraction of sp³-hybridized carbons (Fsp3) is 0.880. The second-order valence-electron chi connectivity index (χ2n) is 11.4. The third kappa shape index (κ3) is 2.74. The van der Waals surface area contributed by atoms with E-state index in [-0.39, 0.29) is 16.7 Å². The van der Waals surface area contributed by atoms with Crippen molar-refractivity contribution in [1.82, 2.24) is 4.90 Å². The minimum absolute atomic E-state index is 0.152. The number of carbonyl (C=O) groups is 1. The lowest BCUT2D eigenvalue weighted by atomic mass is 9.42. The van der Waals surface area contributed by atoms with Crippen LogP contribution in [0.2, 0.25) is 0 Å². The molecule has 0 radical (unpaired) electrons. The Balaban J connectivity index is 1.72. The van der Waals surface area contributed by atoms with Gasteiger partial charge in [-0.15, -0.1) is 6.42 Å². The van der Waals surface area contributed by atoms with Crippen LogP contribution in [0, 0.1) is 52.8 Å². The van der Waals surface area contributed by atoms with Gasteiger partial charge < -0.3 is 10.0 Å². The average Bonchev–Trinajstić information content (AvgIpc) is 2.99. The highest BCUT2D eigenvalue weighted by atomic mass is 16.3. The Morgan fingerprint density at radius 3 is 2.39 bits per heavy atom. The molecule has 0 aliphatic heterocycles. The van der Waals surface area contributed by atoms with Crippen molar-refractivity contribution in [3.63, 3.8) is 0 Å². The van der Waals surface area contributed by atoms with E-state index in [0.717, 1.165) is 32.1 Å². The summed E-state index contributed by atoms with van der Waals surface area (Å²) in [7, 11) is 4.47. The van der Waals surface area contributed by atoms with Gasteiger partial charge in [0.1, 0.15) is 11.4 Å². The number of ketones is 1. The summed E-state index contributed by atoms with van der Waals surface area (Å²) in [4.78, 5) is 14.9. The van der Waals surface area contributed by atoms with Crippen molar-refractivity contribution >= 4 is 5.78 Å². The number of Topliss-reactive ketones (excluding diaryl/α,β-unsaturated/α-hetero) is 1. The summed E-state index contributed by atoms with van der Waals surface area (Å²) in [6.07, 6.45) is 14.1. The fourth-order valence-electron chi connectivity index (χ4n) is 8.67. The van der Waals surface area contributed by atoms with Gasteiger partial charge in [-0.1, -0.05) is 19.8 Å². The van der Waals surface area contributed by atoms with Gasteiger partial charge in [0.25, 0.3) is 0 Å². The Labute approximate surface area is 171 Å². The molecule has 0 spiro atoms. The molecule has 4 fully saturated rings. The van der Waals surface area contributed by atoms with Crippen LogP contribution in [0.1, 0.15) is 72.1 Å². The van der Waals surface area contributed by atoms with Gasteiger partial charge in [-0.25, -0.2) is 0 Å². The van der Waals surface area contributed by atoms with Gasteiger partial charge >= 0.3 is 0 Å². The van der Waals surface area contributed by atoms with Crippen molar-refractivity contribution in [2.75, 3.05) is 14.1 Å². The highest BCUT2D eigenvalue weighted by Gasteiger charge is 2.64. The zero-order chi connectivity index (χ0) is 20.5. The van der Waals surface area contributed by atoms with Crippen molar-refractivity contribution in [3.05, 3.63) is 0 Å². The maximum absolute atomic E-state index is 12.5.